The van der Waals surface area contributed by atoms with Gasteiger partial charge in [-0.15, -0.1) is 0 Å². The number of pyridine rings is 1. The number of halogens is 4. The third-order valence-electron chi connectivity index (χ3n) is 5.99. The molecule has 0 amide bonds. The lowest BCUT2D eigenvalue weighted by atomic mass is 9.83. The number of H-pyrrole nitrogens is 1. The van der Waals surface area contributed by atoms with Crippen LogP contribution in [0.4, 0.5) is 17.6 Å². The first kappa shape index (κ1) is 26.5. The normalized spacial score (nSPS) is 11.7. The number of aromatic nitrogens is 3. The lowest BCUT2D eigenvalue weighted by Gasteiger charge is -2.26. The van der Waals surface area contributed by atoms with E-state index in [0.717, 1.165) is 6.07 Å². The summed E-state index contributed by atoms with van der Waals surface area (Å²) in [5.41, 5.74) is 7.54. The van der Waals surface area contributed by atoms with Crippen LogP contribution >= 0.6 is 0 Å². The van der Waals surface area contributed by atoms with Crippen molar-refractivity contribution in [3.63, 3.8) is 0 Å². The first-order valence-corrected chi connectivity index (χ1v) is 10.8. The standard InChI is InChI=1S/C23H22F4N6O3/c1-3-22(4-2,21(34)35)12-36-19-8-14(9-31-33-28)16(10-29-19)13-5-6-15(17(24)7-13)20-30-11-18(32-20)23(25,26)27/h5-8,10-11H,3-4,9,12H2,1-2H3,(H,30,32)(H,34,35). The van der Waals surface area contributed by atoms with Crippen molar-refractivity contribution < 1.29 is 32.2 Å². The van der Waals surface area contributed by atoms with E-state index in [2.05, 4.69) is 25.0 Å². The molecule has 1 aromatic carbocycles. The molecular formula is C23H22F4N6O3. The van der Waals surface area contributed by atoms with E-state index in [1.807, 2.05) is 0 Å². The molecule has 3 rings (SSSR count). The molecule has 36 heavy (non-hydrogen) atoms. The Labute approximate surface area is 202 Å². The molecule has 9 nitrogen and oxygen atoms in total. The summed E-state index contributed by atoms with van der Waals surface area (Å²) in [6.45, 7) is 3.23. The second kappa shape index (κ2) is 10.6. The predicted octanol–water partition coefficient (Wildman–Crippen LogP) is 6.38. The number of azide groups is 1. The average Bonchev–Trinajstić information content (AvgIpc) is 3.34. The molecule has 0 radical (unpaired) electrons. The summed E-state index contributed by atoms with van der Waals surface area (Å²) in [6.07, 6.45) is -2.02. The van der Waals surface area contributed by atoms with E-state index in [9.17, 15) is 27.5 Å². The van der Waals surface area contributed by atoms with Crippen molar-refractivity contribution in [2.24, 2.45) is 10.5 Å². The van der Waals surface area contributed by atoms with Gasteiger partial charge in [-0.05, 0) is 41.6 Å². The van der Waals surface area contributed by atoms with E-state index in [1.165, 1.54) is 24.4 Å². The molecule has 190 valence electrons. The van der Waals surface area contributed by atoms with Gasteiger partial charge in [0, 0.05) is 22.7 Å². The number of carboxylic acid groups (broad SMARTS) is 1. The molecule has 0 aliphatic rings. The molecule has 3 aromatic rings. The maximum absolute atomic E-state index is 14.9. The SMILES string of the molecule is CCC(CC)(COc1cc(CN=[N+]=[N-])c(-c2ccc(-c3ncc(C(F)(F)F)[nH]3)c(F)c2)cn1)C(=O)O. The first-order chi connectivity index (χ1) is 17.0. The van der Waals surface area contributed by atoms with Gasteiger partial charge >= 0.3 is 12.1 Å². The number of carboxylic acids is 1. The predicted molar refractivity (Wildman–Crippen MR) is 121 cm³/mol. The number of hydrogen-bond acceptors (Lipinski definition) is 5. The monoisotopic (exact) mass is 506 g/mol. The van der Waals surface area contributed by atoms with Gasteiger partial charge in [0.1, 0.15) is 29.4 Å². The molecule has 13 heteroatoms. The summed E-state index contributed by atoms with van der Waals surface area (Å²) in [4.78, 5) is 24.3. The average molecular weight is 506 g/mol. The number of aromatic amines is 1. The second-order valence-electron chi connectivity index (χ2n) is 7.99. The Hall–Kier alpha value is -4.12. The number of nitrogens with zero attached hydrogens (tertiary/aromatic N) is 5. The maximum Gasteiger partial charge on any atom is 0.432 e. The smallest absolute Gasteiger partial charge is 0.432 e. The Morgan fingerprint density at radius 3 is 2.44 bits per heavy atom. The van der Waals surface area contributed by atoms with Crippen molar-refractivity contribution >= 4 is 5.97 Å². The number of hydrogen-bond donors (Lipinski definition) is 2. The highest BCUT2D eigenvalue weighted by atomic mass is 19.4. The maximum atomic E-state index is 14.9. The summed E-state index contributed by atoms with van der Waals surface area (Å²) >= 11 is 0. The van der Waals surface area contributed by atoms with Crippen molar-refractivity contribution in [1.82, 2.24) is 15.0 Å². The lowest BCUT2D eigenvalue weighted by molar-refractivity contribution is -0.151. The van der Waals surface area contributed by atoms with Crippen LogP contribution in [0.5, 0.6) is 5.88 Å². The Balaban J connectivity index is 1.93. The fraction of sp³-hybridized carbons (Fsp3) is 0.348. The number of carbonyl (C=O) groups is 1. The van der Waals surface area contributed by atoms with Crippen LogP contribution in [0.15, 0.2) is 41.8 Å². The van der Waals surface area contributed by atoms with Gasteiger partial charge in [-0.1, -0.05) is 25.0 Å². The van der Waals surface area contributed by atoms with E-state index in [-0.39, 0.29) is 30.4 Å². The number of nitrogens with one attached hydrogen (secondary N) is 1. The van der Waals surface area contributed by atoms with Gasteiger partial charge in [-0.3, -0.25) is 4.79 Å². The van der Waals surface area contributed by atoms with Crippen LogP contribution in [0.25, 0.3) is 33.0 Å². The first-order valence-electron chi connectivity index (χ1n) is 10.8. The quantitative estimate of drug-likeness (QED) is 0.142. The largest absolute Gasteiger partial charge is 0.481 e. The van der Waals surface area contributed by atoms with E-state index >= 15 is 0 Å². The van der Waals surface area contributed by atoms with E-state index in [0.29, 0.717) is 35.7 Å². The highest BCUT2D eigenvalue weighted by Crippen LogP contribution is 2.33. The molecule has 2 N–H and O–H groups in total. The van der Waals surface area contributed by atoms with Gasteiger partial charge in [0.15, 0.2) is 0 Å². The molecule has 0 spiro atoms. The molecule has 0 aliphatic heterocycles. The zero-order valence-electron chi connectivity index (χ0n) is 19.3. The van der Waals surface area contributed by atoms with Crippen molar-refractivity contribution in [2.75, 3.05) is 6.61 Å². The van der Waals surface area contributed by atoms with Crippen LogP contribution in [0, 0.1) is 11.2 Å². The molecule has 0 bridgehead atoms. The number of benzene rings is 1. The van der Waals surface area contributed by atoms with Crippen LogP contribution < -0.4 is 4.74 Å². The van der Waals surface area contributed by atoms with Gasteiger partial charge in [-0.2, -0.15) is 13.2 Å². The van der Waals surface area contributed by atoms with Crippen LogP contribution in [-0.2, 0) is 17.5 Å². The number of rotatable bonds is 10. The Morgan fingerprint density at radius 2 is 1.89 bits per heavy atom. The lowest BCUT2D eigenvalue weighted by Crippen LogP contribution is -2.36. The van der Waals surface area contributed by atoms with Crippen molar-refractivity contribution in [3.8, 4) is 28.4 Å². The Bertz CT molecular complexity index is 1300. The molecular weight excluding hydrogens is 484 g/mol. The van der Waals surface area contributed by atoms with Gasteiger partial charge < -0.3 is 14.8 Å². The van der Waals surface area contributed by atoms with Crippen LogP contribution in [-0.4, -0.2) is 32.6 Å². The number of alkyl halides is 3. The van der Waals surface area contributed by atoms with E-state index in [1.54, 1.807) is 13.8 Å². The van der Waals surface area contributed by atoms with E-state index < -0.39 is 29.1 Å². The minimum atomic E-state index is -4.65. The fourth-order valence-corrected chi connectivity index (χ4v) is 3.56. The molecule has 0 atom stereocenters. The zero-order valence-corrected chi connectivity index (χ0v) is 19.3. The number of aliphatic carboxylic acids is 1. The van der Waals surface area contributed by atoms with Gasteiger partial charge in [-0.25, -0.2) is 14.4 Å². The highest BCUT2D eigenvalue weighted by Gasteiger charge is 2.36. The molecule has 0 saturated carbocycles. The van der Waals surface area contributed by atoms with Crippen LogP contribution in [0.3, 0.4) is 0 Å². The Morgan fingerprint density at radius 1 is 1.17 bits per heavy atom. The summed E-state index contributed by atoms with van der Waals surface area (Å²) in [6, 6.07) is 5.31. The van der Waals surface area contributed by atoms with Crippen molar-refractivity contribution in [3.05, 3.63) is 64.2 Å². The molecule has 2 aromatic heterocycles. The number of imidazole rings is 1. The topological polar surface area (TPSA) is 137 Å². The summed E-state index contributed by atoms with van der Waals surface area (Å²) < 4.78 is 59.0. The second-order valence-corrected chi connectivity index (χ2v) is 7.99. The van der Waals surface area contributed by atoms with Gasteiger partial charge in [0.2, 0.25) is 5.88 Å². The van der Waals surface area contributed by atoms with Crippen LogP contribution in [0.1, 0.15) is 37.9 Å². The Kier molecular flexibility index (Phi) is 7.83. The molecule has 0 aliphatic carbocycles. The third-order valence-corrected chi connectivity index (χ3v) is 5.99. The summed E-state index contributed by atoms with van der Waals surface area (Å²) in [5.74, 6) is -2.01. The van der Waals surface area contributed by atoms with Crippen LogP contribution in [0.2, 0.25) is 0 Å². The number of ether oxygens (including phenoxy) is 1. The van der Waals surface area contributed by atoms with Crippen molar-refractivity contribution in [2.45, 2.75) is 39.4 Å². The van der Waals surface area contributed by atoms with Gasteiger partial charge in [0.25, 0.3) is 0 Å². The minimum Gasteiger partial charge on any atom is -0.481 e. The van der Waals surface area contributed by atoms with Gasteiger partial charge in [0.05, 0.1) is 18.3 Å². The fourth-order valence-electron chi connectivity index (χ4n) is 3.56. The van der Waals surface area contributed by atoms with Crippen molar-refractivity contribution in [1.29, 1.82) is 0 Å². The molecule has 0 fully saturated rings. The molecule has 0 saturated heterocycles. The zero-order chi connectivity index (χ0) is 26.5. The summed E-state index contributed by atoms with van der Waals surface area (Å²) in [5, 5.41) is 13.1. The van der Waals surface area contributed by atoms with E-state index in [4.69, 9.17) is 10.3 Å². The minimum absolute atomic E-state index is 0.0989. The summed E-state index contributed by atoms with van der Waals surface area (Å²) in [7, 11) is 0. The molecule has 0 unspecified atom stereocenters. The molecule has 2 heterocycles. The highest BCUT2D eigenvalue weighted by molar-refractivity contribution is 5.75. The third kappa shape index (κ3) is 5.57.